The van der Waals surface area contributed by atoms with Crippen molar-refractivity contribution in [3.8, 4) is 22.4 Å². The Morgan fingerprint density at radius 3 is 2.37 bits per heavy atom. The minimum absolute atomic E-state index is 0.264. The molecule has 138 valence electrons. The monoisotopic (exact) mass is 382 g/mol. The maximum absolute atomic E-state index is 11.9. The van der Waals surface area contributed by atoms with Gasteiger partial charge in [0.1, 0.15) is 16.3 Å². The minimum Gasteiger partial charge on any atom is -0.360 e. The Bertz CT molecular complexity index is 1140. The van der Waals surface area contributed by atoms with Crippen LogP contribution in [-0.2, 0) is 15.1 Å². The first-order valence-corrected chi connectivity index (χ1v) is 9.33. The first kappa shape index (κ1) is 18.6. The minimum atomic E-state index is -2.54. The van der Waals surface area contributed by atoms with Gasteiger partial charge < -0.3 is 9.84 Å². The van der Waals surface area contributed by atoms with Gasteiger partial charge in [-0.2, -0.15) is 8.42 Å². The highest BCUT2D eigenvalue weighted by atomic mass is 32.2. The fourth-order valence-electron chi connectivity index (χ4n) is 2.75. The molecule has 0 bridgehead atoms. The number of rotatable bonds is 4. The van der Waals surface area contributed by atoms with Crippen LogP contribution in [0.3, 0.4) is 0 Å². The largest absolute Gasteiger partial charge is 0.360 e. The molecule has 0 radical (unpaired) electrons. The molecule has 1 aromatic heterocycles. The van der Waals surface area contributed by atoms with Crippen molar-refractivity contribution in [3.63, 3.8) is 0 Å². The van der Waals surface area contributed by atoms with E-state index in [0.29, 0.717) is 11.4 Å². The number of nitrogens with zero attached hydrogens (tertiary/aromatic N) is 1. The van der Waals surface area contributed by atoms with Crippen LogP contribution in [0.2, 0.25) is 0 Å². The number of carbonyl (C=O) groups is 1. The van der Waals surface area contributed by atoms with E-state index in [1.54, 1.807) is 6.07 Å². The van der Waals surface area contributed by atoms with Crippen LogP contribution in [0, 0.1) is 13.8 Å². The Morgan fingerprint density at radius 2 is 1.74 bits per heavy atom. The molecule has 0 atom stereocenters. The summed E-state index contributed by atoms with van der Waals surface area (Å²) >= 11 is 0. The van der Waals surface area contributed by atoms with Crippen molar-refractivity contribution in [2.75, 3.05) is 5.32 Å². The van der Waals surface area contributed by atoms with Crippen molar-refractivity contribution in [2.24, 2.45) is 0 Å². The molecule has 0 saturated carbocycles. The molecule has 0 aliphatic heterocycles. The summed E-state index contributed by atoms with van der Waals surface area (Å²) in [6, 6.07) is 15.2. The molecule has 0 fully saturated rings. The van der Waals surface area contributed by atoms with E-state index in [4.69, 9.17) is 4.52 Å². The standard InChI is InChI=1S/C20H18N2O4S/c1-12-11-16(9-10-17(12)21-20(23)14(3)27(24)25)18-13(2)26-22-19(18)15-7-5-4-6-8-15/h4-11H,1-3H3,(H,21,23). The van der Waals surface area contributed by atoms with E-state index in [0.717, 1.165) is 27.9 Å². The second-order valence-electron chi connectivity index (χ2n) is 6.10. The number of aromatic nitrogens is 1. The van der Waals surface area contributed by atoms with E-state index in [1.807, 2.05) is 56.3 Å². The number of anilines is 1. The van der Waals surface area contributed by atoms with Gasteiger partial charge in [-0.15, -0.1) is 0 Å². The van der Waals surface area contributed by atoms with E-state index in [2.05, 4.69) is 10.5 Å². The summed E-state index contributed by atoms with van der Waals surface area (Å²) in [6.07, 6.45) is 0. The Labute approximate surface area is 158 Å². The highest BCUT2D eigenvalue weighted by Gasteiger charge is 2.17. The lowest BCUT2D eigenvalue weighted by atomic mass is 9.97. The SMILES string of the molecule is CC(C(=O)Nc1ccc(-c2c(-c3ccccc3)noc2C)cc1C)=S(=O)=O. The molecule has 1 N–H and O–H groups in total. The van der Waals surface area contributed by atoms with Crippen molar-refractivity contribution in [1.82, 2.24) is 5.16 Å². The summed E-state index contributed by atoms with van der Waals surface area (Å²) in [6.45, 7) is 4.95. The number of benzene rings is 2. The van der Waals surface area contributed by atoms with Gasteiger partial charge in [-0.05, 0) is 44.0 Å². The summed E-state index contributed by atoms with van der Waals surface area (Å²) in [5.41, 5.74) is 4.81. The Morgan fingerprint density at radius 1 is 1.04 bits per heavy atom. The van der Waals surface area contributed by atoms with Crippen molar-refractivity contribution >= 4 is 26.8 Å². The molecule has 6 nitrogen and oxygen atoms in total. The van der Waals surface area contributed by atoms with Crippen LogP contribution in [0.25, 0.3) is 22.4 Å². The summed E-state index contributed by atoms with van der Waals surface area (Å²) in [5, 5.41) is 6.81. The molecule has 3 rings (SSSR count). The Hall–Kier alpha value is -3.19. The van der Waals surface area contributed by atoms with Gasteiger partial charge in [-0.25, -0.2) is 0 Å². The van der Waals surface area contributed by atoms with Gasteiger partial charge in [0.15, 0.2) is 0 Å². The highest BCUT2D eigenvalue weighted by Crippen LogP contribution is 2.35. The summed E-state index contributed by atoms with van der Waals surface area (Å²) in [5.74, 6) is 0.0429. The topological polar surface area (TPSA) is 89.3 Å². The molecule has 0 saturated heterocycles. The maximum Gasteiger partial charge on any atom is 0.266 e. The molecule has 0 spiro atoms. The third kappa shape index (κ3) is 3.83. The quantitative estimate of drug-likeness (QED) is 0.696. The van der Waals surface area contributed by atoms with Crippen LogP contribution in [0.4, 0.5) is 5.69 Å². The molecule has 27 heavy (non-hydrogen) atoms. The second kappa shape index (κ2) is 7.59. The zero-order chi connectivity index (χ0) is 19.6. The second-order valence-corrected chi connectivity index (χ2v) is 7.18. The molecule has 2 aromatic carbocycles. The highest BCUT2D eigenvalue weighted by molar-refractivity contribution is 7.74. The van der Waals surface area contributed by atoms with Crippen molar-refractivity contribution in [3.05, 3.63) is 59.9 Å². The molecule has 0 aliphatic rings. The molecule has 1 heterocycles. The molecular formula is C20H18N2O4S. The molecule has 0 unspecified atom stereocenters. The molecule has 1 amide bonds. The third-order valence-electron chi connectivity index (χ3n) is 4.24. The predicted molar refractivity (Wildman–Crippen MR) is 105 cm³/mol. The van der Waals surface area contributed by atoms with Gasteiger partial charge in [0.25, 0.3) is 5.91 Å². The van der Waals surface area contributed by atoms with Crippen LogP contribution in [0.5, 0.6) is 0 Å². The van der Waals surface area contributed by atoms with Crippen molar-refractivity contribution < 1.29 is 17.7 Å². The average molecular weight is 382 g/mol. The lowest BCUT2D eigenvalue weighted by Crippen LogP contribution is -2.21. The van der Waals surface area contributed by atoms with Crippen LogP contribution in [0.1, 0.15) is 18.2 Å². The van der Waals surface area contributed by atoms with Gasteiger partial charge in [-0.3, -0.25) is 4.79 Å². The smallest absolute Gasteiger partial charge is 0.266 e. The molecule has 7 heteroatoms. The maximum atomic E-state index is 11.9. The molecular weight excluding hydrogens is 364 g/mol. The number of aryl methyl sites for hydroxylation is 2. The Balaban J connectivity index is 1.99. The fourth-order valence-corrected chi connectivity index (χ4v) is 2.95. The molecule has 3 aromatic rings. The lowest BCUT2D eigenvalue weighted by molar-refractivity contribution is -0.110. The van der Waals surface area contributed by atoms with E-state index in [-0.39, 0.29) is 4.86 Å². The number of amides is 1. The van der Waals surface area contributed by atoms with E-state index >= 15 is 0 Å². The van der Waals surface area contributed by atoms with E-state index < -0.39 is 16.2 Å². The summed E-state index contributed by atoms with van der Waals surface area (Å²) in [4.78, 5) is 11.7. The van der Waals surface area contributed by atoms with Gasteiger partial charge in [0.2, 0.25) is 10.3 Å². The van der Waals surface area contributed by atoms with Gasteiger partial charge in [0.05, 0.1) is 5.56 Å². The van der Waals surface area contributed by atoms with Crippen LogP contribution >= 0.6 is 0 Å². The van der Waals surface area contributed by atoms with Gasteiger partial charge >= 0.3 is 0 Å². The van der Waals surface area contributed by atoms with Crippen LogP contribution in [-0.4, -0.2) is 24.3 Å². The first-order chi connectivity index (χ1) is 12.9. The normalized spacial score (nSPS) is 10.5. The number of hydrogen-bond donors (Lipinski definition) is 1. The number of carbonyl (C=O) groups excluding carboxylic acids is 1. The summed E-state index contributed by atoms with van der Waals surface area (Å²) in [7, 11) is -2.54. The van der Waals surface area contributed by atoms with E-state index in [1.165, 1.54) is 6.92 Å². The van der Waals surface area contributed by atoms with Gasteiger partial charge in [-0.1, -0.05) is 41.6 Å². The first-order valence-electron chi connectivity index (χ1n) is 8.25. The van der Waals surface area contributed by atoms with Crippen LogP contribution < -0.4 is 5.32 Å². The summed E-state index contributed by atoms with van der Waals surface area (Å²) < 4.78 is 27.2. The zero-order valence-electron chi connectivity index (χ0n) is 15.1. The van der Waals surface area contributed by atoms with Crippen LogP contribution in [0.15, 0.2) is 53.1 Å². The van der Waals surface area contributed by atoms with E-state index in [9.17, 15) is 13.2 Å². The number of nitrogens with one attached hydrogen (secondary N) is 1. The average Bonchev–Trinajstić information content (AvgIpc) is 3.04. The third-order valence-corrected chi connectivity index (χ3v) is 4.93. The number of hydrogen-bond acceptors (Lipinski definition) is 5. The predicted octanol–water partition coefficient (Wildman–Crippen LogP) is 3.64. The zero-order valence-corrected chi connectivity index (χ0v) is 15.9. The van der Waals surface area contributed by atoms with Gasteiger partial charge in [0, 0.05) is 11.3 Å². The van der Waals surface area contributed by atoms with Crippen molar-refractivity contribution in [2.45, 2.75) is 20.8 Å². The lowest BCUT2D eigenvalue weighted by Gasteiger charge is -2.10. The molecule has 0 aliphatic carbocycles. The van der Waals surface area contributed by atoms with Crippen molar-refractivity contribution in [1.29, 1.82) is 0 Å². The fraction of sp³-hybridized carbons (Fsp3) is 0.150. The Kier molecular flexibility index (Phi) is 5.23.